The fourth-order valence-corrected chi connectivity index (χ4v) is 3.08. The monoisotopic (exact) mass is 681 g/mol. The number of pyridine rings is 2. The number of aromatic nitrogens is 4. The number of methoxy groups -OCH3 is 1. The van der Waals surface area contributed by atoms with Crippen LogP contribution in [0, 0.1) is 12.5 Å². The van der Waals surface area contributed by atoms with Crippen LogP contribution in [0.1, 0.15) is 66.3 Å². The van der Waals surface area contributed by atoms with Crippen molar-refractivity contribution < 1.29 is 57.1 Å². The van der Waals surface area contributed by atoms with E-state index in [4.69, 9.17) is 4.74 Å². The third kappa shape index (κ3) is 18.6. The van der Waals surface area contributed by atoms with Gasteiger partial charge in [0.2, 0.25) is 0 Å². The molecule has 0 N–H and O–H groups in total. The van der Waals surface area contributed by atoms with Crippen LogP contribution in [-0.4, -0.2) is 34.6 Å². The van der Waals surface area contributed by atoms with E-state index in [9.17, 15) is 12.9 Å². The molecule has 3 aromatic heterocycles. The second-order valence-corrected chi connectivity index (χ2v) is 8.12. The zero-order chi connectivity index (χ0) is 28.7. The van der Waals surface area contributed by atoms with Gasteiger partial charge in [-0.05, 0) is 42.7 Å². The Bertz CT molecular complexity index is 1110. The van der Waals surface area contributed by atoms with Crippen LogP contribution in [0.2, 0.25) is 0 Å². The van der Waals surface area contributed by atoms with Crippen molar-refractivity contribution in [2.75, 3.05) is 7.11 Å². The van der Waals surface area contributed by atoms with Gasteiger partial charge in [0.05, 0.1) is 44.6 Å². The Labute approximate surface area is 270 Å². The van der Waals surface area contributed by atoms with E-state index in [1.165, 1.54) is 31.2 Å². The number of nitrogens with zero attached hydrogens (tertiary/aromatic N) is 4. The van der Waals surface area contributed by atoms with E-state index >= 15 is 0 Å². The number of unbranched alkanes of at least 4 members (excludes halogenated alkanes) is 3. The van der Waals surface area contributed by atoms with Crippen molar-refractivity contribution in [2.45, 2.75) is 52.9 Å². The van der Waals surface area contributed by atoms with Crippen molar-refractivity contribution in [3.8, 4) is 28.5 Å². The van der Waals surface area contributed by atoms with Gasteiger partial charge in [0, 0.05) is 65.2 Å². The van der Waals surface area contributed by atoms with Crippen LogP contribution in [0.15, 0.2) is 79.4 Å². The number of rotatable bonds is 8. The molecular formula is C30H56BF4N4OPd-. The summed E-state index contributed by atoms with van der Waals surface area (Å²) in [6.45, 7) is 6.23. The predicted octanol–water partition coefficient (Wildman–Crippen LogP) is 7.79. The first kappa shape index (κ1) is 39.9. The molecular weight excluding hydrogens is 626 g/mol. The van der Waals surface area contributed by atoms with Gasteiger partial charge < -0.3 is 9.44 Å². The summed E-state index contributed by atoms with van der Waals surface area (Å²) in [7, 11) is -2.02. The number of halogens is 4. The maximum atomic E-state index is 9.67. The Morgan fingerprint density at radius 3 is 1.78 bits per heavy atom. The molecule has 0 radical (unpaired) electrons. The molecule has 3 heterocycles. The molecule has 0 saturated heterocycles. The summed E-state index contributed by atoms with van der Waals surface area (Å²) in [5.41, 5.74) is 3.93. The first-order valence-electron chi connectivity index (χ1n) is 12.8. The van der Waals surface area contributed by atoms with Gasteiger partial charge in [0.1, 0.15) is 0 Å². The zero-order valence-corrected chi connectivity index (χ0v) is 25.3. The fraction of sp³-hybridized carbons (Fsp3) is 0.300. The minimum absolute atomic E-state index is 0. The maximum absolute atomic E-state index is 9.67. The summed E-state index contributed by atoms with van der Waals surface area (Å²) in [5, 5.41) is 0. The van der Waals surface area contributed by atoms with E-state index in [2.05, 4.69) is 32.9 Å². The average Bonchev–Trinajstić information content (AvgIpc) is 2.97. The SMILES string of the molecule is CCCCCCc1cnc(-c2[c-]cc(OC)cc2)nc1.C[CH+]C.FB(F)F.[F-].[HH].[HH].[HH].[HH].[HH].[HH].[HH].[HH].[HH].[HH].[Pd].c1ccc(-c2ccccn2)nc1. The smallest absolute Gasteiger partial charge is 0.762 e. The van der Waals surface area contributed by atoms with Crippen molar-refractivity contribution in [2.24, 2.45) is 0 Å². The first-order chi connectivity index (χ1) is 18.9. The standard InChI is InChI=1S/C17H21N2O.C10H8N2.C3H7.BF3.FH.Pd.10H2/c1-3-4-5-6-7-14-12-18-17(19-13-14)15-8-10-16(20-2)11-9-15;1-3-7-11-9(5-1)10-6-2-4-8-12-10;1-3-2;2-1(3)4;;;;;;;;;;;;/h8,10-13H,3-7H2,1-2H3;1-8H;3H,1-2H3;;1H;;10*1H/q-1;;+1;;;;;;;;;;;;;/p-1. The van der Waals surface area contributed by atoms with Gasteiger partial charge in [0.25, 0.3) is 0 Å². The summed E-state index contributed by atoms with van der Waals surface area (Å²) >= 11 is 0. The number of hydrogen-bond donors (Lipinski definition) is 0. The second kappa shape index (κ2) is 25.7. The van der Waals surface area contributed by atoms with Crippen molar-refractivity contribution in [3.63, 3.8) is 0 Å². The molecule has 4 rings (SSSR count). The molecule has 0 amide bonds. The molecule has 0 bridgehead atoms. The van der Waals surface area contributed by atoms with Gasteiger partial charge in [-0.3, -0.25) is 32.9 Å². The van der Waals surface area contributed by atoms with Gasteiger partial charge in [-0.15, -0.1) is 29.8 Å². The van der Waals surface area contributed by atoms with E-state index in [1.54, 1.807) is 25.6 Å². The quantitative estimate of drug-likeness (QED) is 0.0823. The van der Waals surface area contributed by atoms with Crippen molar-refractivity contribution in [3.05, 3.63) is 97.4 Å². The van der Waals surface area contributed by atoms with E-state index in [1.807, 2.05) is 81.2 Å². The molecule has 11 heteroatoms. The number of aryl methyl sites for hydroxylation is 1. The Hall–Kier alpha value is -3.28. The van der Waals surface area contributed by atoms with E-state index in [-0.39, 0.29) is 39.4 Å². The number of benzene rings is 1. The van der Waals surface area contributed by atoms with Crippen molar-refractivity contribution in [1.82, 2.24) is 19.9 Å². The second-order valence-electron chi connectivity index (χ2n) is 8.12. The van der Waals surface area contributed by atoms with E-state index in [0.29, 0.717) is 5.82 Å². The van der Waals surface area contributed by atoms with Crippen LogP contribution in [0.25, 0.3) is 22.8 Å². The average molecular weight is 682 g/mol. The molecule has 0 atom stereocenters. The van der Waals surface area contributed by atoms with E-state index in [0.717, 1.165) is 29.1 Å². The van der Waals surface area contributed by atoms with Crippen molar-refractivity contribution >= 4 is 7.54 Å². The van der Waals surface area contributed by atoms with Crippen molar-refractivity contribution in [1.29, 1.82) is 0 Å². The van der Waals surface area contributed by atoms with Crippen LogP contribution in [0.5, 0.6) is 5.75 Å². The Morgan fingerprint density at radius 2 is 1.39 bits per heavy atom. The summed E-state index contributed by atoms with van der Waals surface area (Å²) in [4.78, 5) is 17.2. The Balaban J connectivity index is -0.0000000435. The number of hydrogen-bond acceptors (Lipinski definition) is 5. The van der Waals surface area contributed by atoms with Crippen LogP contribution >= 0.6 is 0 Å². The molecule has 0 spiro atoms. The Kier molecular flexibility index (Phi) is 25.0. The summed E-state index contributed by atoms with van der Waals surface area (Å²) in [6.07, 6.45) is 15.5. The first-order valence-corrected chi connectivity index (χ1v) is 12.8. The Morgan fingerprint density at radius 1 is 0.854 bits per heavy atom. The predicted molar refractivity (Wildman–Crippen MR) is 174 cm³/mol. The molecule has 0 unspecified atom stereocenters. The van der Waals surface area contributed by atoms with Gasteiger partial charge in [-0.25, -0.2) is 0 Å². The summed E-state index contributed by atoms with van der Waals surface area (Å²) < 4.78 is 34.1. The molecule has 244 valence electrons. The van der Waals surface area contributed by atoms with Gasteiger partial charge in [-0.2, -0.15) is 0 Å². The van der Waals surface area contributed by atoms with Crippen LogP contribution in [0.4, 0.5) is 12.9 Å². The van der Waals surface area contributed by atoms with Gasteiger partial charge >= 0.3 is 7.54 Å². The number of ether oxygens (including phenoxy) is 1. The van der Waals surface area contributed by atoms with Crippen LogP contribution < -0.4 is 9.44 Å². The largest absolute Gasteiger partial charge is 1.00 e. The molecule has 0 aliphatic heterocycles. The molecule has 0 aliphatic rings. The molecule has 0 saturated carbocycles. The topological polar surface area (TPSA) is 60.8 Å². The van der Waals surface area contributed by atoms with Crippen LogP contribution in [-0.2, 0) is 26.8 Å². The van der Waals surface area contributed by atoms with Gasteiger partial charge in [0.15, 0.2) is 0 Å². The molecule has 41 heavy (non-hydrogen) atoms. The third-order valence-electron chi connectivity index (χ3n) is 4.88. The van der Waals surface area contributed by atoms with E-state index < -0.39 is 7.54 Å². The molecule has 5 nitrogen and oxygen atoms in total. The minimum atomic E-state index is -3.67. The molecule has 0 aliphatic carbocycles. The maximum Gasteiger partial charge on any atom is 0.762 e. The van der Waals surface area contributed by atoms with Crippen LogP contribution in [0.3, 0.4) is 0 Å². The third-order valence-corrected chi connectivity index (χ3v) is 4.88. The fourth-order valence-electron chi connectivity index (χ4n) is 3.08. The summed E-state index contributed by atoms with van der Waals surface area (Å²) in [5.74, 6) is 1.51. The molecule has 4 aromatic rings. The molecule has 1 aromatic carbocycles. The normalized spacial score (nSPS) is 8.95. The minimum Gasteiger partial charge on any atom is -1.00 e. The summed E-state index contributed by atoms with van der Waals surface area (Å²) in [6, 6.07) is 20.4. The molecule has 0 fully saturated rings. The zero-order valence-electron chi connectivity index (χ0n) is 23.7. The van der Waals surface area contributed by atoms with Gasteiger partial charge in [-0.1, -0.05) is 38.3 Å².